The summed E-state index contributed by atoms with van der Waals surface area (Å²) in [4.78, 5) is 13.2. The molecule has 6 aromatic carbocycles. The number of sulfone groups is 1. The van der Waals surface area contributed by atoms with Gasteiger partial charge in [0.25, 0.3) is 0 Å². The standard InChI is InChI=1S/C39H30O6S2/c1-28-3-19-38(20-4-28)47(42,43)39-23-11-32(12-24-39)31-9-21-36(22-10-31)46(41,27-40)37-25-17-35(18-26-37)45-34-15-7-30(8-16-34)29-5-13-33(44-2)14-6-29/h3-26H,1-2H3. The zero-order valence-electron chi connectivity index (χ0n) is 25.6. The molecular formula is C39H30O6S2. The Balaban J connectivity index is 1.15. The van der Waals surface area contributed by atoms with Crippen molar-refractivity contribution in [1.82, 2.24) is 0 Å². The third kappa shape index (κ3) is 6.62. The number of benzene rings is 6. The van der Waals surface area contributed by atoms with Crippen molar-refractivity contribution in [2.45, 2.75) is 26.5 Å². The summed E-state index contributed by atoms with van der Waals surface area (Å²) < 4.78 is 51.1. The van der Waals surface area contributed by atoms with Crippen LogP contribution in [0.25, 0.3) is 22.3 Å². The van der Waals surface area contributed by atoms with E-state index in [1.807, 2.05) is 55.5 Å². The molecule has 0 fully saturated rings. The van der Waals surface area contributed by atoms with Gasteiger partial charge in [0.1, 0.15) is 26.8 Å². The quantitative estimate of drug-likeness (QED) is 0.144. The number of methoxy groups -OCH3 is 1. The zero-order valence-corrected chi connectivity index (χ0v) is 27.3. The summed E-state index contributed by atoms with van der Waals surface area (Å²) in [5.74, 6) is 1.96. The third-order valence-electron chi connectivity index (χ3n) is 7.80. The second-order valence-electron chi connectivity index (χ2n) is 10.8. The third-order valence-corrected chi connectivity index (χ3v) is 11.7. The Morgan fingerprint density at radius 3 is 1.17 bits per heavy atom. The Morgan fingerprint density at radius 1 is 0.447 bits per heavy atom. The second-order valence-corrected chi connectivity index (χ2v) is 15.0. The van der Waals surface area contributed by atoms with E-state index in [0.29, 0.717) is 21.3 Å². The van der Waals surface area contributed by atoms with Crippen molar-refractivity contribution in [2.24, 2.45) is 0 Å². The van der Waals surface area contributed by atoms with Crippen LogP contribution in [0.3, 0.4) is 0 Å². The van der Waals surface area contributed by atoms with Gasteiger partial charge in [-0.1, -0.05) is 66.2 Å². The lowest BCUT2D eigenvalue weighted by molar-refractivity contribution is 0.415. The maximum atomic E-state index is 13.9. The lowest BCUT2D eigenvalue weighted by atomic mass is 10.1. The van der Waals surface area contributed by atoms with Crippen LogP contribution in [0.4, 0.5) is 0 Å². The molecule has 47 heavy (non-hydrogen) atoms. The van der Waals surface area contributed by atoms with E-state index in [2.05, 4.69) is 0 Å². The van der Waals surface area contributed by atoms with E-state index in [9.17, 15) is 17.4 Å². The molecule has 1 atom stereocenters. The van der Waals surface area contributed by atoms with Crippen molar-refractivity contribution in [1.29, 1.82) is 0 Å². The van der Waals surface area contributed by atoms with Gasteiger partial charge in [-0.15, -0.1) is 0 Å². The van der Waals surface area contributed by atoms with Gasteiger partial charge in [-0.2, -0.15) is 0 Å². The summed E-state index contributed by atoms with van der Waals surface area (Å²) in [6, 6.07) is 42.1. The Hall–Kier alpha value is -5.40. The Bertz CT molecular complexity index is 2260. The van der Waals surface area contributed by atoms with Gasteiger partial charge in [0.05, 0.1) is 16.9 Å². The summed E-state index contributed by atoms with van der Waals surface area (Å²) in [6.07, 6.45) is 0. The van der Waals surface area contributed by atoms with Crippen molar-refractivity contribution in [2.75, 3.05) is 7.11 Å². The van der Waals surface area contributed by atoms with E-state index in [1.165, 1.54) is 0 Å². The van der Waals surface area contributed by atoms with E-state index in [1.54, 1.807) is 109 Å². The smallest absolute Gasteiger partial charge is 0.206 e. The van der Waals surface area contributed by atoms with Gasteiger partial charge < -0.3 is 9.47 Å². The SMILES string of the molecule is COc1ccc(-c2ccc(Oc3ccc(S(=O)(=C=O)c4ccc(-c5ccc(S(=O)(=O)c6ccc(C)cc6)cc5)cc4)cc3)cc2)cc1. The molecule has 0 saturated carbocycles. The number of ether oxygens (including phenoxy) is 2. The van der Waals surface area contributed by atoms with Crippen LogP contribution < -0.4 is 9.47 Å². The Kier molecular flexibility index (Phi) is 8.83. The molecule has 0 saturated heterocycles. The number of aryl methyl sites for hydroxylation is 1. The Labute approximate surface area is 274 Å². The molecule has 0 heterocycles. The minimum absolute atomic E-state index is 0.193. The predicted molar refractivity (Wildman–Crippen MR) is 184 cm³/mol. The van der Waals surface area contributed by atoms with Gasteiger partial charge in [0.2, 0.25) is 9.84 Å². The fraction of sp³-hybridized carbons (Fsp3) is 0.0513. The summed E-state index contributed by atoms with van der Waals surface area (Å²) in [7, 11) is -5.33. The first kappa shape index (κ1) is 31.6. The summed E-state index contributed by atoms with van der Waals surface area (Å²) >= 11 is 0. The first-order valence-corrected chi connectivity index (χ1v) is 17.7. The van der Waals surface area contributed by atoms with Crippen molar-refractivity contribution >= 4 is 24.6 Å². The number of hydrogen-bond acceptors (Lipinski definition) is 6. The molecule has 0 N–H and O–H groups in total. The second kappa shape index (κ2) is 13.1. The summed E-state index contributed by atoms with van der Waals surface area (Å²) in [5, 5.41) is 1.77. The van der Waals surface area contributed by atoms with Crippen molar-refractivity contribution < 1.29 is 26.9 Å². The van der Waals surface area contributed by atoms with Gasteiger partial charge in [-0.3, -0.25) is 0 Å². The van der Waals surface area contributed by atoms with Crippen LogP contribution in [0.2, 0.25) is 0 Å². The number of hydrogen-bond donors (Lipinski definition) is 0. The fourth-order valence-electron chi connectivity index (χ4n) is 5.09. The summed E-state index contributed by atoms with van der Waals surface area (Å²) in [5.41, 5.74) is 4.62. The monoisotopic (exact) mass is 658 g/mol. The molecule has 0 aromatic heterocycles. The largest absolute Gasteiger partial charge is 0.497 e. The maximum Gasteiger partial charge on any atom is 0.206 e. The maximum absolute atomic E-state index is 13.9. The highest BCUT2D eigenvalue weighted by atomic mass is 32.2. The lowest BCUT2D eigenvalue weighted by Gasteiger charge is -2.11. The van der Waals surface area contributed by atoms with Crippen molar-refractivity contribution in [3.63, 3.8) is 0 Å². The van der Waals surface area contributed by atoms with E-state index in [0.717, 1.165) is 33.6 Å². The number of carbonyl (C=O) groups excluding carboxylic acids is 1. The van der Waals surface area contributed by atoms with E-state index in [4.69, 9.17) is 9.47 Å². The fourth-order valence-corrected chi connectivity index (χ4v) is 7.85. The molecule has 0 bridgehead atoms. The van der Waals surface area contributed by atoms with Crippen LogP contribution in [0.15, 0.2) is 165 Å². The highest BCUT2D eigenvalue weighted by Crippen LogP contribution is 2.31. The Morgan fingerprint density at radius 2 is 0.766 bits per heavy atom. The minimum Gasteiger partial charge on any atom is -0.497 e. The molecule has 1 unspecified atom stereocenters. The molecular weight excluding hydrogens is 629 g/mol. The first-order chi connectivity index (χ1) is 22.7. The van der Waals surface area contributed by atoms with Crippen LogP contribution in [0.5, 0.6) is 17.2 Å². The van der Waals surface area contributed by atoms with Crippen LogP contribution in [-0.2, 0) is 24.2 Å². The highest BCUT2D eigenvalue weighted by molar-refractivity contribution is 8.00. The van der Waals surface area contributed by atoms with Crippen molar-refractivity contribution in [3.8, 4) is 39.5 Å². The van der Waals surface area contributed by atoms with Crippen LogP contribution >= 0.6 is 0 Å². The van der Waals surface area contributed by atoms with Gasteiger partial charge in [-0.25, -0.2) is 17.4 Å². The highest BCUT2D eigenvalue weighted by Gasteiger charge is 2.19. The molecule has 0 amide bonds. The van der Waals surface area contributed by atoms with E-state index in [-0.39, 0.29) is 9.79 Å². The van der Waals surface area contributed by atoms with Crippen LogP contribution in [0.1, 0.15) is 5.56 Å². The molecule has 6 rings (SSSR count). The van der Waals surface area contributed by atoms with Gasteiger partial charge in [0, 0.05) is 9.79 Å². The number of rotatable bonds is 9. The normalized spacial score (nSPS) is 12.5. The molecule has 0 spiro atoms. The lowest BCUT2D eigenvalue weighted by Crippen LogP contribution is -2.03. The van der Waals surface area contributed by atoms with Gasteiger partial charge in [0.15, 0.2) is 5.23 Å². The molecule has 0 aliphatic carbocycles. The molecule has 8 heteroatoms. The van der Waals surface area contributed by atoms with E-state index < -0.39 is 19.4 Å². The van der Waals surface area contributed by atoms with Crippen molar-refractivity contribution in [3.05, 3.63) is 151 Å². The molecule has 0 aliphatic heterocycles. The molecule has 0 radical (unpaired) electrons. The first-order valence-electron chi connectivity index (χ1n) is 14.7. The summed E-state index contributed by atoms with van der Waals surface area (Å²) in [6.45, 7) is 1.90. The predicted octanol–water partition coefficient (Wildman–Crippen LogP) is 8.73. The zero-order chi connectivity index (χ0) is 33.0. The average Bonchev–Trinajstić information content (AvgIpc) is 3.12. The van der Waals surface area contributed by atoms with E-state index >= 15 is 0 Å². The van der Waals surface area contributed by atoms with Crippen LogP contribution in [-0.4, -0.2) is 25.0 Å². The van der Waals surface area contributed by atoms with Gasteiger partial charge in [-0.05, 0) is 114 Å². The topological polar surface area (TPSA) is 86.7 Å². The molecule has 6 nitrogen and oxygen atoms in total. The molecule has 234 valence electrons. The van der Waals surface area contributed by atoms with Gasteiger partial charge >= 0.3 is 0 Å². The van der Waals surface area contributed by atoms with Crippen LogP contribution in [0, 0.1) is 6.92 Å². The average molecular weight is 659 g/mol. The minimum atomic E-state index is -3.64. The molecule has 6 aromatic rings. The molecule has 0 aliphatic rings.